The molecule has 1 heterocycles. The van der Waals surface area contributed by atoms with Gasteiger partial charge in [-0.3, -0.25) is 0 Å². The van der Waals surface area contributed by atoms with E-state index in [2.05, 4.69) is 20.9 Å². The van der Waals surface area contributed by atoms with E-state index in [1.54, 1.807) is 24.4 Å². The maximum absolute atomic E-state index is 13.5. The summed E-state index contributed by atoms with van der Waals surface area (Å²) in [6.45, 7) is 0.572. The second-order valence-electron chi connectivity index (χ2n) is 3.72. The molecule has 0 amide bonds. The maximum atomic E-state index is 13.5. The van der Waals surface area contributed by atoms with Crippen LogP contribution in [0, 0.1) is 5.82 Å². The summed E-state index contributed by atoms with van der Waals surface area (Å²) in [5, 5.41) is 0. The van der Waals surface area contributed by atoms with Gasteiger partial charge in [0.25, 0.3) is 0 Å². The quantitative estimate of drug-likeness (QED) is 0.942. The number of rotatable bonds is 4. The number of aromatic nitrogens is 1. The zero-order valence-corrected chi connectivity index (χ0v) is 11.2. The van der Waals surface area contributed by atoms with Crippen LogP contribution in [0.1, 0.15) is 5.56 Å². The Morgan fingerprint density at radius 2 is 2.11 bits per heavy atom. The molecule has 18 heavy (non-hydrogen) atoms. The lowest BCUT2D eigenvalue weighted by molar-refractivity contribution is 0.427. The number of hydrogen-bond acceptors (Lipinski definition) is 3. The lowest BCUT2D eigenvalue weighted by Gasteiger charge is -2.06. The molecular weight excluding hydrogens is 299 g/mol. The third-order valence-electron chi connectivity index (χ3n) is 2.34. The predicted octanol–water partition coefficient (Wildman–Crippen LogP) is 3.28. The lowest BCUT2D eigenvalue weighted by Crippen LogP contribution is -2.03. The molecule has 0 fully saturated rings. The molecule has 0 aliphatic rings. The summed E-state index contributed by atoms with van der Waals surface area (Å²) in [6, 6.07) is 8.07. The first-order chi connectivity index (χ1) is 8.69. The Morgan fingerprint density at radius 3 is 2.78 bits per heavy atom. The average molecular weight is 311 g/mol. The van der Waals surface area contributed by atoms with Crippen molar-refractivity contribution in [3.63, 3.8) is 0 Å². The Kier molecular flexibility index (Phi) is 4.28. The fourth-order valence-corrected chi connectivity index (χ4v) is 1.79. The minimum absolute atomic E-state index is 0.142. The fraction of sp³-hybridized carbons (Fsp3) is 0.154. The van der Waals surface area contributed by atoms with E-state index in [9.17, 15) is 4.39 Å². The van der Waals surface area contributed by atoms with Crippen LogP contribution in [0.5, 0.6) is 11.6 Å². The third kappa shape index (κ3) is 3.27. The van der Waals surface area contributed by atoms with Crippen LogP contribution in [0.15, 0.2) is 41.0 Å². The third-order valence-corrected chi connectivity index (χ3v) is 2.83. The van der Waals surface area contributed by atoms with Crippen molar-refractivity contribution in [1.29, 1.82) is 0 Å². The number of halogens is 2. The first kappa shape index (κ1) is 13.0. The monoisotopic (exact) mass is 310 g/mol. The number of hydrogen-bond donors (Lipinski definition) is 1. The molecule has 2 aromatic rings. The molecule has 5 heteroatoms. The van der Waals surface area contributed by atoms with Crippen LogP contribution in [-0.4, -0.2) is 11.5 Å². The van der Waals surface area contributed by atoms with Gasteiger partial charge in [-0.25, -0.2) is 9.37 Å². The van der Waals surface area contributed by atoms with E-state index in [1.807, 2.05) is 6.07 Å². The average Bonchev–Trinajstić information content (AvgIpc) is 2.37. The van der Waals surface area contributed by atoms with Gasteiger partial charge in [0.05, 0.1) is 0 Å². The minimum atomic E-state index is -0.425. The van der Waals surface area contributed by atoms with Crippen molar-refractivity contribution in [2.24, 2.45) is 5.73 Å². The number of nitrogens with two attached hydrogens (primary N) is 1. The number of pyridine rings is 1. The van der Waals surface area contributed by atoms with E-state index in [4.69, 9.17) is 10.5 Å². The van der Waals surface area contributed by atoms with Crippen molar-refractivity contribution >= 4 is 15.9 Å². The molecule has 2 N–H and O–H groups in total. The van der Waals surface area contributed by atoms with Gasteiger partial charge in [-0.1, -0.05) is 22.0 Å². The summed E-state index contributed by atoms with van der Waals surface area (Å²) < 4.78 is 19.6. The zero-order chi connectivity index (χ0) is 13.0. The van der Waals surface area contributed by atoms with Crippen molar-refractivity contribution in [3.05, 3.63) is 52.4 Å². The van der Waals surface area contributed by atoms with Gasteiger partial charge in [-0.15, -0.1) is 0 Å². The first-order valence-electron chi connectivity index (χ1n) is 5.47. The molecule has 1 aromatic carbocycles. The lowest BCUT2D eigenvalue weighted by atomic mass is 10.2. The van der Waals surface area contributed by atoms with E-state index >= 15 is 0 Å². The van der Waals surface area contributed by atoms with E-state index in [0.29, 0.717) is 12.4 Å². The van der Waals surface area contributed by atoms with E-state index in [1.165, 1.54) is 6.07 Å². The summed E-state index contributed by atoms with van der Waals surface area (Å²) >= 11 is 3.26. The molecule has 0 aliphatic heterocycles. The molecule has 3 nitrogen and oxygen atoms in total. The first-order valence-corrected chi connectivity index (χ1v) is 6.26. The summed E-state index contributed by atoms with van der Waals surface area (Å²) in [5.74, 6) is 0.0715. The largest absolute Gasteiger partial charge is 0.436 e. The molecule has 94 valence electrons. The molecule has 1 aromatic heterocycles. The minimum Gasteiger partial charge on any atom is -0.436 e. The molecule has 2 rings (SSSR count). The molecule has 0 unspecified atom stereocenters. The molecule has 0 saturated carbocycles. The van der Waals surface area contributed by atoms with Crippen LogP contribution in [-0.2, 0) is 6.42 Å². The highest BCUT2D eigenvalue weighted by atomic mass is 79.9. The highest BCUT2D eigenvalue weighted by molar-refractivity contribution is 9.10. The van der Waals surface area contributed by atoms with Gasteiger partial charge in [0, 0.05) is 16.7 Å². The Bertz CT molecular complexity index is 531. The van der Waals surface area contributed by atoms with Crippen LogP contribution in [0.25, 0.3) is 0 Å². The van der Waals surface area contributed by atoms with Gasteiger partial charge in [0.1, 0.15) is 0 Å². The fourth-order valence-electron chi connectivity index (χ4n) is 1.45. The smallest absolute Gasteiger partial charge is 0.219 e. The van der Waals surface area contributed by atoms with Crippen molar-refractivity contribution in [3.8, 4) is 11.6 Å². The van der Waals surface area contributed by atoms with Crippen LogP contribution >= 0.6 is 15.9 Å². The predicted molar refractivity (Wildman–Crippen MR) is 71.2 cm³/mol. The van der Waals surface area contributed by atoms with Crippen LogP contribution < -0.4 is 10.5 Å². The standard InChI is InChI=1S/C13H12BrFN2O/c14-10-2-3-11(15)12(7-10)18-13-4-1-9(5-6-16)8-17-13/h1-4,7-8H,5-6,16H2. The Morgan fingerprint density at radius 1 is 1.28 bits per heavy atom. The topological polar surface area (TPSA) is 48.1 Å². The Hall–Kier alpha value is -1.46. The summed E-state index contributed by atoms with van der Waals surface area (Å²) in [4.78, 5) is 4.10. The van der Waals surface area contributed by atoms with Crippen molar-refractivity contribution in [1.82, 2.24) is 4.98 Å². The second-order valence-corrected chi connectivity index (χ2v) is 4.64. The van der Waals surface area contributed by atoms with Crippen molar-refractivity contribution in [2.45, 2.75) is 6.42 Å². The van der Waals surface area contributed by atoms with Crippen molar-refractivity contribution in [2.75, 3.05) is 6.54 Å². The van der Waals surface area contributed by atoms with E-state index < -0.39 is 5.82 Å². The number of ether oxygens (including phenoxy) is 1. The van der Waals surface area contributed by atoms with Gasteiger partial charge in [0.15, 0.2) is 11.6 Å². The molecule has 0 atom stereocenters. The Balaban J connectivity index is 2.15. The highest BCUT2D eigenvalue weighted by Crippen LogP contribution is 2.26. The van der Waals surface area contributed by atoms with Crippen LogP contribution in [0.2, 0.25) is 0 Å². The van der Waals surface area contributed by atoms with Gasteiger partial charge >= 0.3 is 0 Å². The molecule has 0 radical (unpaired) electrons. The van der Waals surface area contributed by atoms with Gasteiger partial charge in [-0.05, 0) is 36.7 Å². The van der Waals surface area contributed by atoms with E-state index in [-0.39, 0.29) is 5.75 Å². The van der Waals surface area contributed by atoms with Gasteiger partial charge in [-0.2, -0.15) is 0 Å². The van der Waals surface area contributed by atoms with E-state index in [0.717, 1.165) is 16.5 Å². The normalized spacial score (nSPS) is 10.4. The molecule has 0 saturated heterocycles. The van der Waals surface area contributed by atoms with Crippen molar-refractivity contribution < 1.29 is 9.13 Å². The van der Waals surface area contributed by atoms with Crippen LogP contribution in [0.3, 0.4) is 0 Å². The summed E-state index contributed by atoms with van der Waals surface area (Å²) in [5.41, 5.74) is 6.47. The SMILES string of the molecule is NCCc1ccc(Oc2cc(Br)ccc2F)nc1. The molecule has 0 bridgehead atoms. The second kappa shape index (κ2) is 5.93. The molecular formula is C13H12BrFN2O. The molecule has 0 spiro atoms. The number of nitrogens with zero attached hydrogens (tertiary/aromatic N) is 1. The van der Waals surface area contributed by atoms with Gasteiger partial charge < -0.3 is 10.5 Å². The van der Waals surface area contributed by atoms with Gasteiger partial charge in [0.2, 0.25) is 5.88 Å². The zero-order valence-electron chi connectivity index (χ0n) is 9.57. The summed E-state index contributed by atoms with van der Waals surface area (Å²) in [7, 11) is 0. The highest BCUT2D eigenvalue weighted by Gasteiger charge is 2.06. The number of benzene rings is 1. The Labute approximate surface area is 113 Å². The maximum Gasteiger partial charge on any atom is 0.219 e. The summed E-state index contributed by atoms with van der Waals surface area (Å²) in [6.07, 6.45) is 2.44. The van der Waals surface area contributed by atoms with Crippen LogP contribution in [0.4, 0.5) is 4.39 Å². The molecule has 0 aliphatic carbocycles.